The first-order valence-corrected chi connectivity index (χ1v) is 9.11. The van der Waals surface area contributed by atoms with E-state index in [0.29, 0.717) is 29.1 Å². The van der Waals surface area contributed by atoms with Crippen molar-refractivity contribution in [2.24, 2.45) is 4.99 Å². The summed E-state index contributed by atoms with van der Waals surface area (Å²) in [6.45, 7) is 6.24. The topological polar surface area (TPSA) is 60.7 Å². The molecule has 5 nitrogen and oxygen atoms in total. The van der Waals surface area contributed by atoms with Crippen LogP contribution in [0.25, 0.3) is 10.2 Å². The third kappa shape index (κ3) is 4.03. The van der Waals surface area contributed by atoms with Crippen molar-refractivity contribution in [1.29, 1.82) is 0 Å². The van der Waals surface area contributed by atoms with Crippen LogP contribution in [-0.2, 0) is 11.3 Å². The first-order chi connectivity index (χ1) is 13.0. The molecule has 0 bridgehead atoms. The molecule has 138 valence electrons. The van der Waals surface area contributed by atoms with E-state index < -0.39 is 17.7 Å². The van der Waals surface area contributed by atoms with Gasteiger partial charge in [0.25, 0.3) is 5.91 Å². The van der Waals surface area contributed by atoms with Crippen LogP contribution in [0.1, 0.15) is 27.6 Å². The Morgan fingerprint density at radius 2 is 1.93 bits per heavy atom. The maximum Gasteiger partial charge on any atom is 0.338 e. The largest absolute Gasteiger partial charge is 0.462 e. The second kappa shape index (κ2) is 8.09. The van der Waals surface area contributed by atoms with Gasteiger partial charge in [0.1, 0.15) is 5.82 Å². The van der Waals surface area contributed by atoms with Crippen LogP contribution in [0.5, 0.6) is 0 Å². The predicted molar refractivity (Wildman–Crippen MR) is 102 cm³/mol. The van der Waals surface area contributed by atoms with Gasteiger partial charge in [-0.3, -0.25) is 4.79 Å². The second-order valence-electron chi connectivity index (χ2n) is 5.61. The van der Waals surface area contributed by atoms with E-state index in [4.69, 9.17) is 4.74 Å². The number of carbonyl (C=O) groups excluding carboxylic acids is 2. The Morgan fingerprint density at radius 1 is 1.22 bits per heavy atom. The first kappa shape index (κ1) is 18.7. The Bertz CT molecular complexity index is 1080. The zero-order valence-electron chi connectivity index (χ0n) is 14.6. The van der Waals surface area contributed by atoms with Gasteiger partial charge in [0.05, 0.1) is 22.4 Å². The SMILES string of the molecule is C=CCn1c(=NC(=O)c2ccc(F)cc2)sc2cc(C(=O)OCC)ccc21. The van der Waals surface area contributed by atoms with Crippen LogP contribution >= 0.6 is 11.3 Å². The van der Waals surface area contributed by atoms with Gasteiger partial charge in [-0.15, -0.1) is 6.58 Å². The number of allylic oxidation sites excluding steroid dienone is 1. The molecule has 0 unspecified atom stereocenters. The minimum atomic E-state index is -0.468. The Kier molecular flexibility index (Phi) is 5.61. The lowest BCUT2D eigenvalue weighted by Gasteiger charge is -2.03. The normalized spacial score (nSPS) is 11.6. The van der Waals surface area contributed by atoms with Gasteiger partial charge < -0.3 is 9.30 Å². The molecule has 3 rings (SSSR count). The van der Waals surface area contributed by atoms with Gasteiger partial charge in [0, 0.05) is 12.1 Å². The highest BCUT2D eigenvalue weighted by Crippen LogP contribution is 2.20. The molecule has 0 aliphatic heterocycles. The predicted octanol–water partition coefficient (Wildman–Crippen LogP) is 3.95. The van der Waals surface area contributed by atoms with Gasteiger partial charge in [-0.05, 0) is 49.4 Å². The van der Waals surface area contributed by atoms with Crippen LogP contribution in [-0.4, -0.2) is 23.1 Å². The van der Waals surface area contributed by atoms with Gasteiger partial charge in [0.15, 0.2) is 4.80 Å². The van der Waals surface area contributed by atoms with Crippen LogP contribution in [0.3, 0.4) is 0 Å². The number of aromatic nitrogens is 1. The van der Waals surface area contributed by atoms with Crippen molar-refractivity contribution in [2.45, 2.75) is 13.5 Å². The number of esters is 1. The van der Waals surface area contributed by atoms with E-state index in [0.717, 1.165) is 10.2 Å². The van der Waals surface area contributed by atoms with Crippen molar-refractivity contribution in [3.05, 3.63) is 76.9 Å². The number of ether oxygens (including phenoxy) is 1. The third-order valence-electron chi connectivity index (χ3n) is 3.79. The zero-order valence-corrected chi connectivity index (χ0v) is 15.5. The van der Waals surface area contributed by atoms with Crippen LogP contribution in [0, 0.1) is 5.82 Å². The van der Waals surface area contributed by atoms with E-state index in [2.05, 4.69) is 11.6 Å². The number of hydrogen-bond donors (Lipinski definition) is 0. The van der Waals surface area contributed by atoms with E-state index in [1.165, 1.54) is 35.6 Å². The minimum Gasteiger partial charge on any atom is -0.462 e. The number of carbonyl (C=O) groups is 2. The number of nitrogens with zero attached hydrogens (tertiary/aromatic N) is 2. The number of thiazole rings is 1. The molecule has 0 saturated heterocycles. The summed E-state index contributed by atoms with van der Waals surface area (Å²) in [5.41, 5.74) is 1.57. The molecule has 0 N–H and O–H groups in total. The molecule has 1 amide bonds. The smallest absolute Gasteiger partial charge is 0.338 e. The summed E-state index contributed by atoms with van der Waals surface area (Å²) < 4.78 is 20.7. The van der Waals surface area contributed by atoms with Gasteiger partial charge in [-0.25, -0.2) is 9.18 Å². The molecule has 0 spiro atoms. The monoisotopic (exact) mass is 384 g/mol. The average molecular weight is 384 g/mol. The summed E-state index contributed by atoms with van der Waals surface area (Å²) >= 11 is 1.29. The molecule has 0 saturated carbocycles. The maximum atomic E-state index is 13.0. The van der Waals surface area contributed by atoms with Gasteiger partial charge in [-0.1, -0.05) is 17.4 Å². The Hall–Kier alpha value is -3.06. The lowest BCUT2D eigenvalue weighted by molar-refractivity contribution is 0.0526. The summed E-state index contributed by atoms with van der Waals surface area (Å²) in [4.78, 5) is 29.0. The molecule has 0 fully saturated rings. The molecule has 1 aromatic heterocycles. The fourth-order valence-corrected chi connectivity index (χ4v) is 3.63. The molecule has 0 aliphatic carbocycles. The second-order valence-corrected chi connectivity index (χ2v) is 6.62. The van der Waals surface area contributed by atoms with Gasteiger partial charge >= 0.3 is 5.97 Å². The fraction of sp³-hybridized carbons (Fsp3) is 0.150. The molecule has 0 aliphatic rings. The molecular weight excluding hydrogens is 367 g/mol. The van der Waals surface area contributed by atoms with Crippen molar-refractivity contribution in [3.63, 3.8) is 0 Å². The summed E-state index contributed by atoms with van der Waals surface area (Å²) in [7, 11) is 0. The van der Waals surface area contributed by atoms with E-state index in [-0.39, 0.29) is 0 Å². The number of halogens is 1. The van der Waals surface area contributed by atoms with Crippen molar-refractivity contribution >= 4 is 33.4 Å². The highest BCUT2D eigenvalue weighted by molar-refractivity contribution is 7.16. The number of rotatable bonds is 5. The van der Waals surface area contributed by atoms with Crippen molar-refractivity contribution in [3.8, 4) is 0 Å². The minimum absolute atomic E-state index is 0.296. The van der Waals surface area contributed by atoms with E-state index in [1.807, 2.05) is 4.57 Å². The molecular formula is C20H17FN2O3S. The molecule has 1 heterocycles. The Morgan fingerprint density at radius 3 is 2.59 bits per heavy atom. The summed E-state index contributed by atoms with van der Waals surface area (Å²) in [5.74, 6) is -1.28. The molecule has 0 atom stereocenters. The summed E-state index contributed by atoms with van der Waals surface area (Å²) in [6.07, 6.45) is 1.70. The Labute approximate surface area is 159 Å². The van der Waals surface area contributed by atoms with Crippen LogP contribution in [0.4, 0.5) is 4.39 Å². The zero-order chi connectivity index (χ0) is 19.4. The highest BCUT2D eigenvalue weighted by atomic mass is 32.1. The fourth-order valence-electron chi connectivity index (χ4n) is 2.55. The van der Waals surface area contributed by atoms with Crippen molar-refractivity contribution in [2.75, 3.05) is 6.61 Å². The van der Waals surface area contributed by atoms with Gasteiger partial charge in [0.2, 0.25) is 0 Å². The third-order valence-corrected chi connectivity index (χ3v) is 4.84. The number of hydrogen-bond acceptors (Lipinski definition) is 4. The highest BCUT2D eigenvalue weighted by Gasteiger charge is 2.12. The summed E-state index contributed by atoms with van der Waals surface area (Å²) in [5, 5.41) is 0. The molecule has 2 aromatic carbocycles. The van der Waals surface area contributed by atoms with Crippen LogP contribution < -0.4 is 4.80 Å². The maximum absolute atomic E-state index is 13.0. The molecule has 27 heavy (non-hydrogen) atoms. The lowest BCUT2D eigenvalue weighted by atomic mass is 10.2. The standard InChI is InChI=1S/C20H17FN2O3S/c1-3-11-23-16-10-7-14(19(25)26-4-2)12-17(16)27-20(23)22-18(24)13-5-8-15(21)9-6-13/h3,5-10,12H,1,4,11H2,2H3. The molecule has 3 aromatic rings. The van der Waals surface area contributed by atoms with Gasteiger partial charge in [-0.2, -0.15) is 4.99 Å². The molecule has 7 heteroatoms. The lowest BCUT2D eigenvalue weighted by Crippen LogP contribution is -2.16. The quantitative estimate of drug-likeness (QED) is 0.494. The van der Waals surface area contributed by atoms with Crippen LogP contribution in [0.2, 0.25) is 0 Å². The first-order valence-electron chi connectivity index (χ1n) is 8.29. The number of benzene rings is 2. The van der Waals surface area contributed by atoms with E-state index >= 15 is 0 Å². The Balaban J connectivity index is 2.09. The average Bonchev–Trinajstić information content (AvgIpc) is 2.99. The summed E-state index contributed by atoms with van der Waals surface area (Å²) in [6, 6.07) is 10.4. The van der Waals surface area contributed by atoms with E-state index in [9.17, 15) is 14.0 Å². The number of amides is 1. The molecule has 0 radical (unpaired) electrons. The van der Waals surface area contributed by atoms with E-state index in [1.54, 1.807) is 31.2 Å². The van der Waals surface area contributed by atoms with Crippen molar-refractivity contribution in [1.82, 2.24) is 4.57 Å². The van der Waals surface area contributed by atoms with Crippen molar-refractivity contribution < 1.29 is 18.7 Å². The number of fused-ring (bicyclic) bond motifs is 1. The van der Waals surface area contributed by atoms with Crippen LogP contribution in [0.15, 0.2) is 60.1 Å².